The van der Waals surface area contributed by atoms with E-state index in [9.17, 15) is 0 Å². The van der Waals surface area contributed by atoms with Crippen molar-refractivity contribution in [1.82, 2.24) is 0 Å². The highest BCUT2D eigenvalue weighted by Gasteiger charge is 2.24. The van der Waals surface area contributed by atoms with Crippen molar-refractivity contribution in [2.75, 3.05) is 18.9 Å². The van der Waals surface area contributed by atoms with Crippen molar-refractivity contribution in [1.29, 1.82) is 0 Å². The van der Waals surface area contributed by atoms with E-state index in [-0.39, 0.29) is 0 Å². The second-order valence-corrected chi connectivity index (χ2v) is 12.5. The lowest BCUT2D eigenvalue weighted by atomic mass is 10.1. The van der Waals surface area contributed by atoms with Crippen molar-refractivity contribution in [3.05, 3.63) is 121 Å². The molecule has 0 aliphatic rings. The van der Waals surface area contributed by atoms with Gasteiger partial charge in [0.05, 0.1) is 0 Å². The van der Waals surface area contributed by atoms with Crippen LogP contribution in [0.3, 0.4) is 0 Å². The lowest BCUT2D eigenvalue weighted by molar-refractivity contribution is 0.611. The van der Waals surface area contributed by atoms with Crippen molar-refractivity contribution in [2.24, 2.45) is 11.7 Å². The summed E-state index contributed by atoms with van der Waals surface area (Å²) < 4.78 is 0. The predicted molar refractivity (Wildman–Crippen MR) is 145 cm³/mol. The zero-order chi connectivity index (χ0) is 22.0. The van der Waals surface area contributed by atoms with Gasteiger partial charge in [-0.25, -0.2) is 0 Å². The van der Waals surface area contributed by atoms with Crippen molar-refractivity contribution >= 4 is 37.1 Å². The first-order chi connectivity index (χ1) is 15.8. The van der Waals surface area contributed by atoms with Crippen LogP contribution in [0.15, 0.2) is 121 Å². The molecule has 0 aliphatic carbocycles. The maximum Gasteiger partial charge on any atom is -0.00744 e. The minimum atomic E-state index is -0.415. The van der Waals surface area contributed by atoms with Gasteiger partial charge in [-0.1, -0.05) is 121 Å². The van der Waals surface area contributed by atoms with Crippen molar-refractivity contribution < 1.29 is 0 Å². The Hall–Kier alpha value is -2.30. The molecule has 32 heavy (non-hydrogen) atoms. The Balaban J connectivity index is 1.65. The molecule has 4 aromatic carbocycles. The SMILES string of the molecule is NCCC(CP(c1ccccc1)c1ccccc1)CP(c1ccccc1)c1ccccc1. The number of nitrogens with two attached hydrogens (primary N) is 1. The molecule has 0 amide bonds. The summed E-state index contributed by atoms with van der Waals surface area (Å²) in [7, 11) is -0.831. The van der Waals surface area contributed by atoms with Gasteiger partial charge in [0.25, 0.3) is 0 Å². The maximum absolute atomic E-state index is 6.15. The van der Waals surface area contributed by atoms with Crippen molar-refractivity contribution in [3.8, 4) is 0 Å². The molecule has 4 rings (SSSR count). The summed E-state index contributed by atoms with van der Waals surface area (Å²) in [5, 5.41) is 5.83. The van der Waals surface area contributed by atoms with Gasteiger partial charge < -0.3 is 5.73 Å². The first-order valence-electron chi connectivity index (χ1n) is 11.3. The molecule has 0 atom stereocenters. The molecule has 0 heterocycles. The molecule has 3 heteroatoms. The van der Waals surface area contributed by atoms with Crippen LogP contribution >= 0.6 is 15.8 Å². The van der Waals surface area contributed by atoms with Crippen molar-refractivity contribution in [2.45, 2.75) is 6.42 Å². The minimum absolute atomic E-state index is 0.415. The Bertz CT molecular complexity index is 876. The summed E-state index contributed by atoms with van der Waals surface area (Å²) in [6.07, 6.45) is 3.43. The van der Waals surface area contributed by atoms with E-state index in [4.69, 9.17) is 5.73 Å². The van der Waals surface area contributed by atoms with Crippen LogP contribution in [0.25, 0.3) is 0 Å². The van der Waals surface area contributed by atoms with Gasteiger partial charge in [0.1, 0.15) is 0 Å². The fraction of sp³-hybridized carbons (Fsp3) is 0.172. The Kier molecular flexibility index (Phi) is 8.63. The third-order valence-corrected chi connectivity index (χ3v) is 11.2. The van der Waals surface area contributed by atoms with Gasteiger partial charge in [0, 0.05) is 0 Å². The summed E-state index contributed by atoms with van der Waals surface area (Å²) in [6, 6.07) is 44.3. The molecule has 162 valence electrons. The van der Waals surface area contributed by atoms with E-state index in [1.807, 2.05) is 0 Å². The van der Waals surface area contributed by atoms with Gasteiger partial charge in [0.15, 0.2) is 0 Å². The third-order valence-electron chi connectivity index (χ3n) is 5.73. The van der Waals surface area contributed by atoms with Crippen LogP contribution in [-0.2, 0) is 0 Å². The van der Waals surface area contributed by atoms with E-state index >= 15 is 0 Å². The number of benzene rings is 4. The van der Waals surface area contributed by atoms with E-state index < -0.39 is 15.8 Å². The van der Waals surface area contributed by atoms with Gasteiger partial charge in [-0.15, -0.1) is 0 Å². The highest BCUT2D eigenvalue weighted by Crippen LogP contribution is 2.42. The van der Waals surface area contributed by atoms with Crippen LogP contribution in [-0.4, -0.2) is 18.9 Å². The molecule has 0 unspecified atom stereocenters. The fourth-order valence-corrected chi connectivity index (χ4v) is 9.57. The Morgan fingerprint density at radius 1 is 0.469 bits per heavy atom. The minimum Gasteiger partial charge on any atom is -0.330 e. The van der Waals surface area contributed by atoms with Crippen LogP contribution in [0, 0.1) is 5.92 Å². The summed E-state index contributed by atoms with van der Waals surface area (Å²) >= 11 is 0. The van der Waals surface area contributed by atoms with Crippen LogP contribution in [0.4, 0.5) is 0 Å². The quantitative estimate of drug-likeness (QED) is 0.326. The normalized spacial score (nSPS) is 11.4. The first-order valence-corrected chi connectivity index (χ1v) is 14.4. The van der Waals surface area contributed by atoms with Crippen LogP contribution < -0.4 is 27.0 Å². The zero-order valence-electron chi connectivity index (χ0n) is 18.4. The van der Waals surface area contributed by atoms with Crippen LogP contribution in [0.1, 0.15) is 6.42 Å². The molecular weight excluding hydrogens is 424 g/mol. The van der Waals surface area contributed by atoms with Gasteiger partial charge in [-0.3, -0.25) is 0 Å². The monoisotopic (exact) mass is 455 g/mol. The van der Waals surface area contributed by atoms with Gasteiger partial charge in [-0.05, 0) is 68.3 Å². The Morgan fingerprint density at radius 2 is 0.750 bits per heavy atom. The lowest BCUT2D eigenvalue weighted by Gasteiger charge is -2.29. The topological polar surface area (TPSA) is 26.0 Å². The molecule has 0 bridgehead atoms. The number of rotatable bonds is 10. The Morgan fingerprint density at radius 3 is 1.00 bits per heavy atom. The Labute approximate surface area is 195 Å². The molecule has 0 saturated carbocycles. The van der Waals surface area contributed by atoms with Crippen LogP contribution in [0.2, 0.25) is 0 Å². The molecule has 0 radical (unpaired) electrons. The molecule has 0 fully saturated rings. The third kappa shape index (κ3) is 6.14. The molecule has 0 aromatic heterocycles. The number of hydrogen-bond acceptors (Lipinski definition) is 1. The summed E-state index contributed by atoms with van der Waals surface area (Å²) in [5.74, 6) is 0.582. The van der Waals surface area contributed by atoms with Crippen molar-refractivity contribution in [3.63, 3.8) is 0 Å². The second-order valence-electron chi connectivity index (χ2n) is 8.01. The lowest BCUT2D eigenvalue weighted by Crippen LogP contribution is -2.25. The summed E-state index contributed by atoms with van der Waals surface area (Å²) in [5.41, 5.74) is 6.15. The molecular formula is C29H31NP2. The fourth-order valence-electron chi connectivity index (χ4n) is 4.14. The zero-order valence-corrected chi connectivity index (χ0v) is 20.2. The molecule has 4 aromatic rings. The molecule has 0 aliphatic heterocycles. The smallest absolute Gasteiger partial charge is 0.00744 e. The standard InChI is InChI=1S/C29H31NP2/c30-22-21-25(23-31(26-13-5-1-6-14-26)27-15-7-2-8-16-27)24-32(28-17-9-3-10-18-28)29-19-11-4-12-20-29/h1-20,25H,21-24,30H2. The highest BCUT2D eigenvalue weighted by atomic mass is 31.1. The molecule has 0 saturated heterocycles. The molecule has 2 N–H and O–H groups in total. The predicted octanol–water partition coefficient (Wildman–Crippen LogP) is 5.22. The second kappa shape index (κ2) is 12.1. The van der Waals surface area contributed by atoms with E-state index in [1.165, 1.54) is 33.5 Å². The van der Waals surface area contributed by atoms with Gasteiger partial charge in [0.2, 0.25) is 0 Å². The first kappa shape index (κ1) is 22.9. The van der Waals surface area contributed by atoms with E-state index in [2.05, 4.69) is 121 Å². The van der Waals surface area contributed by atoms with E-state index in [0.29, 0.717) is 5.92 Å². The maximum atomic E-state index is 6.15. The van der Waals surface area contributed by atoms with E-state index in [1.54, 1.807) is 0 Å². The highest BCUT2D eigenvalue weighted by molar-refractivity contribution is 7.74. The van der Waals surface area contributed by atoms with Gasteiger partial charge >= 0.3 is 0 Å². The average Bonchev–Trinajstić information content (AvgIpc) is 2.88. The summed E-state index contributed by atoms with van der Waals surface area (Å²) in [4.78, 5) is 0. The largest absolute Gasteiger partial charge is 0.330 e. The van der Waals surface area contributed by atoms with Crippen LogP contribution in [0.5, 0.6) is 0 Å². The van der Waals surface area contributed by atoms with E-state index in [0.717, 1.165) is 13.0 Å². The molecule has 1 nitrogen and oxygen atoms in total. The van der Waals surface area contributed by atoms with Gasteiger partial charge in [-0.2, -0.15) is 0 Å². The molecule has 0 spiro atoms. The number of hydrogen-bond donors (Lipinski definition) is 1. The average molecular weight is 456 g/mol. The summed E-state index contributed by atoms with van der Waals surface area (Å²) in [6.45, 7) is 0.740.